The van der Waals surface area contributed by atoms with Crippen LogP contribution in [0, 0.1) is 5.92 Å². The molecular formula is C13H24O. The van der Waals surface area contributed by atoms with Gasteiger partial charge in [-0.25, -0.2) is 0 Å². The van der Waals surface area contributed by atoms with E-state index in [1.54, 1.807) is 0 Å². The highest BCUT2D eigenvalue weighted by Gasteiger charge is 2.32. The number of hydrogen-bond donors (Lipinski definition) is 1. The van der Waals surface area contributed by atoms with Gasteiger partial charge in [0.2, 0.25) is 0 Å². The Labute approximate surface area is 87.9 Å². The van der Waals surface area contributed by atoms with Crippen LogP contribution >= 0.6 is 0 Å². The fourth-order valence-electron chi connectivity index (χ4n) is 3.34. The average Bonchev–Trinajstić information content (AvgIpc) is 2.19. The molecule has 1 N–H and O–H groups in total. The average molecular weight is 196 g/mol. The van der Waals surface area contributed by atoms with Gasteiger partial charge in [-0.1, -0.05) is 51.4 Å². The van der Waals surface area contributed by atoms with Crippen molar-refractivity contribution >= 4 is 0 Å². The molecule has 0 radical (unpaired) electrons. The van der Waals surface area contributed by atoms with Crippen molar-refractivity contribution in [3.63, 3.8) is 0 Å². The molecule has 14 heavy (non-hydrogen) atoms. The Morgan fingerprint density at radius 2 is 1.43 bits per heavy atom. The van der Waals surface area contributed by atoms with Crippen LogP contribution in [0.1, 0.15) is 70.6 Å². The van der Waals surface area contributed by atoms with Gasteiger partial charge in [-0.3, -0.25) is 0 Å². The van der Waals surface area contributed by atoms with E-state index in [-0.39, 0.29) is 5.60 Å². The van der Waals surface area contributed by atoms with Crippen molar-refractivity contribution in [3.8, 4) is 0 Å². The third-order valence-electron chi connectivity index (χ3n) is 4.18. The summed E-state index contributed by atoms with van der Waals surface area (Å²) < 4.78 is 0. The van der Waals surface area contributed by atoms with Gasteiger partial charge in [0, 0.05) is 0 Å². The van der Waals surface area contributed by atoms with E-state index >= 15 is 0 Å². The van der Waals surface area contributed by atoms with E-state index in [0.717, 1.165) is 25.2 Å². The van der Waals surface area contributed by atoms with Crippen molar-refractivity contribution in [2.24, 2.45) is 5.92 Å². The molecule has 0 bridgehead atoms. The third kappa shape index (κ3) is 2.73. The molecule has 0 aromatic rings. The normalized spacial score (nSPS) is 28.9. The van der Waals surface area contributed by atoms with Crippen molar-refractivity contribution in [1.29, 1.82) is 0 Å². The fourth-order valence-corrected chi connectivity index (χ4v) is 3.34. The molecule has 0 aliphatic heterocycles. The predicted octanol–water partition coefficient (Wildman–Crippen LogP) is 3.65. The summed E-state index contributed by atoms with van der Waals surface area (Å²) in [7, 11) is 0. The van der Waals surface area contributed by atoms with Crippen molar-refractivity contribution < 1.29 is 5.11 Å². The minimum Gasteiger partial charge on any atom is -0.390 e. The summed E-state index contributed by atoms with van der Waals surface area (Å²) in [6.45, 7) is 0. The van der Waals surface area contributed by atoms with E-state index < -0.39 is 0 Å². The van der Waals surface area contributed by atoms with Crippen LogP contribution in [0.15, 0.2) is 0 Å². The lowest BCUT2D eigenvalue weighted by molar-refractivity contribution is -0.0217. The van der Waals surface area contributed by atoms with Crippen molar-refractivity contribution in [2.75, 3.05) is 0 Å². The lowest BCUT2D eigenvalue weighted by Gasteiger charge is -2.36. The summed E-state index contributed by atoms with van der Waals surface area (Å²) in [5.74, 6) is 0.840. The van der Waals surface area contributed by atoms with Gasteiger partial charge in [0.15, 0.2) is 0 Å². The first kappa shape index (κ1) is 10.5. The molecule has 0 atom stereocenters. The molecule has 2 aliphatic rings. The summed E-state index contributed by atoms with van der Waals surface area (Å²) in [5.41, 5.74) is -0.264. The van der Waals surface area contributed by atoms with Crippen LogP contribution in [0.4, 0.5) is 0 Å². The van der Waals surface area contributed by atoms with E-state index in [4.69, 9.17) is 0 Å². The Morgan fingerprint density at radius 3 is 2.07 bits per heavy atom. The smallest absolute Gasteiger partial charge is 0.0650 e. The van der Waals surface area contributed by atoms with Crippen LogP contribution in [0.3, 0.4) is 0 Å². The molecule has 1 heteroatoms. The van der Waals surface area contributed by atoms with Gasteiger partial charge in [0.1, 0.15) is 0 Å². The molecule has 2 saturated carbocycles. The van der Waals surface area contributed by atoms with Gasteiger partial charge in [-0.2, -0.15) is 0 Å². The van der Waals surface area contributed by atoms with Crippen LogP contribution in [0.25, 0.3) is 0 Å². The molecule has 0 heterocycles. The topological polar surface area (TPSA) is 20.2 Å². The van der Waals surface area contributed by atoms with Gasteiger partial charge in [-0.05, 0) is 25.2 Å². The number of hydrogen-bond acceptors (Lipinski definition) is 1. The van der Waals surface area contributed by atoms with Gasteiger partial charge >= 0.3 is 0 Å². The Morgan fingerprint density at radius 1 is 0.857 bits per heavy atom. The molecule has 0 amide bonds. The van der Waals surface area contributed by atoms with Crippen LogP contribution in [0.5, 0.6) is 0 Å². The third-order valence-corrected chi connectivity index (χ3v) is 4.18. The van der Waals surface area contributed by atoms with Crippen molar-refractivity contribution in [2.45, 2.75) is 76.2 Å². The maximum Gasteiger partial charge on any atom is 0.0650 e. The van der Waals surface area contributed by atoms with Crippen LogP contribution in [0.2, 0.25) is 0 Å². The summed E-state index contributed by atoms with van der Waals surface area (Å²) >= 11 is 0. The minimum absolute atomic E-state index is 0.264. The Hall–Kier alpha value is -0.0400. The second-order valence-corrected chi connectivity index (χ2v) is 5.49. The first-order valence-corrected chi connectivity index (χ1v) is 6.51. The highest BCUT2D eigenvalue weighted by Crippen LogP contribution is 2.37. The van der Waals surface area contributed by atoms with Crippen LogP contribution in [-0.4, -0.2) is 10.7 Å². The first-order chi connectivity index (χ1) is 6.79. The molecular weight excluding hydrogens is 172 g/mol. The Kier molecular flexibility index (Phi) is 3.48. The molecule has 82 valence electrons. The molecule has 2 rings (SSSR count). The summed E-state index contributed by atoms with van der Waals surface area (Å²) in [6.07, 6.45) is 14.1. The van der Waals surface area contributed by atoms with Gasteiger partial charge in [0.05, 0.1) is 5.60 Å². The van der Waals surface area contributed by atoms with Crippen molar-refractivity contribution in [1.82, 2.24) is 0 Å². The maximum atomic E-state index is 10.4. The highest BCUT2D eigenvalue weighted by molar-refractivity contribution is 4.85. The zero-order valence-electron chi connectivity index (χ0n) is 9.30. The second-order valence-electron chi connectivity index (χ2n) is 5.49. The van der Waals surface area contributed by atoms with E-state index in [1.807, 2.05) is 0 Å². The summed E-state index contributed by atoms with van der Waals surface area (Å²) in [5, 5.41) is 10.4. The highest BCUT2D eigenvalue weighted by atomic mass is 16.3. The van der Waals surface area contributed by atoms with Crippen LogP contribution < -0.4 is 0 Å². The van der Waals surface area contributed by atoms with Crippen LogP contribution in [-0.2, 0) is 0 Å². The molecule has 2 fully saturated rings. The molecule has 0 aromatic heterocycles. The zero-order valence-corrected chi connectivity index (χ0v) is 9.30. The predicted molar refractivity (Wildman–Crippen MR) is 59.2 cm³/mol. The SMILES string of the molecule is OC1(CC2CCCCC2)CCCCC1. The summed E-state index contributed by atoms with van der Waals surface area (Å²) in [4.78, 5) is 0. The quantitative estimate of drug-likeness (QED) is 0.714. The Balaban J connectivity index is 1.81. The van der Waals surface area contributed by atoms with Crippen molar-refractivity contribution in [3.05, 3.63) is 0 Å². The summed E-state index contributed by atoms with van der Waals surface area (Å²) in [6, 6.07) is 0. The molecule has 2 aliphatic carbocycles. The monoisotopic (exact) mass is 196 g/mol. The van der Waals surface area contributed by atoms with Gasteiger partial charge in [0.25, 0.3) is 0 Å². The standard InChI is InChI=1S/C13H24O/c14-13(9-5-2-6-10-13)11-12-7-3-1-4-8-12/h12,14H,1-11H2. The van der Waals surface area contributed by atoms with E-state index in [0.29, 0.717) is 0 Å². The number of rotatable bonds is 2. The largest absolute Gasteiger partial charge is 0.390 e. The van der Waals surface area contributed by atoms with E-state index in [1.165, 1.54) is 51.4 Å². The zero-order chi connectivity index (χ0) is 9.86. The maximum absolute atomic E-state index is 10.4. The first-order valence-electron chi connectivity index (χ1n) is 6.51. The molecule has 1 nitrogen and oxygen atoms in total. The second kappa shape index (κ2) is 4.65. The molecule has 0 saturated heterocycles. The minimum atomic E-state index is -0.264. The number of aliphatic hydroxyl groups is 1. The molecule has 0 unspecified atom stereocenters. The van der Waals surface area contributed by atoms with Gasteiger partial charge in [-0.15, -0.1) is 0 Å². The Bertz CT molecular complexity index is 164. The van der Waals surface area contributed by atoms with Gasteiger partial charge < -0.3 is 5.11 Å². The van der Waals surface area contributed by atoms with E-state index in [9.17, 15) is 5.11 Å². The molecule has 0 spiro atoms. The lowest BCUT2D eigenvalue weighted by Crippen LogP contribution is -2.34. The molecule has 0 aromatic carbocycles. The van der Waals surface area contributed by atoms with E-state index in [2.05, 4.69) is 0 Å². The fraction of sp³-hybridized carbons (Fsp3) is 1.00. The lowest BCUT2D eigenvalue weighted by atomic mass is 9.75.